The summed E-state index contributed by atoms with van der Waals surface area (Å²) in [6, 6.07) is 3.86. The van der Waals surface area contributed by atoms with Gasteiger partial charge in [0.2, 0.25) is 5.75 Å². The molecule has 0 spiro atoms. The van der Waals surface area contributed by atoms with Crippen molar-refractivity contribution >= 4 is 5.96 Å². The number of aliphatic imine (C=N–C) groups is 1. The monoisotopic (exact) mass is 265 g/mol. The Labute approximate surface area is 112 Å². The first-order valence-electron chi connectivity index (χ1n) is 5.95. The summed E-state index contributed by atoms with van der Waals surface area (Å²) >= 11 is 0. The average molecular weight is 265 g/mol. The topological polar surface area (TPSA) is 69.3 Å². The smallest absolute Gasteiger partial charge is 0.203 e. The van der Waals surface area contributed by atoms with Crippen molar-refractivity contribution in [2.24, 2.45) is 10.7 Å². The summed E-state index contributed by atoms with van der Waals surface area (Å²) in [4.78, 5) is 6.16. The van der Waals surface area contributed by atoms with Crippen molar-refractivity contribution in [1.82, 2.24) is 4.90 Å². The minimum atomic E-state index is 0.0507. The van der Waals surface area contributed by atoms with Crippen LogP contribution in [0.25, 0.3) is 0 Å². The van der Waals surface area contributed by atoms with Gasteiger partial charge in [-0.3, -0.25) is 4.99 Å². The molecule has 0 saturated carbocycles. The van der Waals surface area contributed by atoms with E-state index in [1.54, 1.807) is 21.3 Å². The van der Waals surface area contributed by atoms with Crippen LogP contribution in [-0.4, -0.2) is 45.8 Å². The van der Waals surface area contributed by atoms with E-state index >= 15 is 0 Å². The summed E-state index contributed by atoms with van der Waals surface area (Å²) in [6.07, 6.45) is 0. The number of likely N-dealkylation sites (N-methyl/N-ethyl adjacent to an activating group) is 1. The molecular formula is C13H19N3O3. The number of methoxy groups -OCH3 is 3. The Balaban J connectivity index is 2.47. The Hall–Kier alpha value is -2.11. The first-order chi connectivity index (χ1) is 9.13. The number of hydrogen-bond donors (Lipinski definition) is 1. The van der Waals surface area contributed by atoms with Gasteiger partial charge >= 0.3 is 0 Å². The lowest BCUT2D eigenvalue weighted by Gasteiger charge is -2.24. The zero-order valence-electron chi connectivity index (χ0n) is 11.6. The van der Waals surface area contributed by atoms with Gasteiger partial charge in [0.05, 0.1) is 33.9 Å². The average Bonchev–Trinajstić information content (AvgIpc) is 2.77. The van der Waals surface area contributed by atoms with Crippen molar-refractivity contribution in [2.75, 3.05) is 34.9 Å². The van der Waals surface area contributed by atoms with Crippen molar-refractivity contribution in [3.8, 4) is 17.2 Å². The summed E-state index contributed by atoms with van der Waals surface area (Å²) in [5, 5.41) is 0. The molecule has 6 nitrogen and oxygen atoms in total. The Bertz CT molecular complexity index is 502. The molecule has 1 aromatic carbocycles. The summed E-state index contributed by atoms with van der Waals surface area (Å²) in [5.41, 5.74) is 6.78. The van der Waals surface area contributed by atoms with Gasteiger partial charge < -0.3 is 24.8 Å². The lowest BCUT2D eigenvalue weighted by molar-refractivity contribution is 0.313. The van der Waals surface area contributed by atoms with Crippen molar-refractivity contribution in [3.63, 3.8) is 0 Å². The van der Waals surface area contributed by atoms with Gasteiger partial charge in [-0.25, -0.2) is 0 Å². The fraction of sp³-hybridized carbons (Fsp3) is 0.462. The van der Waals surface area contributed by atoms with E-state index in [9.17, 15) is 0 Å². The number of nitrogens with zero attached hydrogens (tertiary/aromatic N) is 2. The molecule has 1 aliphatic rings. The minimum absolute atomic E-state index is 0.0507. The molecule has 1 atom stereocenters. The third kappa shape index (κ3) is 2.14. The van der Waals surface area contributed by atoms with E-state index in [-0.39, 0.29) is 6.04 Å². The fourth-order valence-electron chi connectivity index (χ4n) is 2.27. The van der Waals surface area contributed by atoms with Crippen LogP contribution in [0.4, 0.5) is 0 Å². The molecular weight excluding hydrogens is 246 g/mol. The van der Waals surface area contributed by atoms with Crippen LogP contribution in [0, 0.1) is 0 Å². The Morgan fingerprint density at radius 1 is 1.16 bits per heavy atom. The SMILES string of the molecule is COc1ccc(C2CN=C(N)N2C)c(OC)c1OC. The summed E-state index contributed by atoms with van der Waals surface area (Å²) in [7, 11) is 6.71. The van der Waals surface area contributed by atoms with Crippen LogP contribution >= 0.6 is 0 Å². The zero-order valence-corrected chi connectivity index (χ0v) is 11.6. The van der Waals surface area contributed by atoms with E-state index in [1.165, 1.54) is 0 Å². The van der Waals surface area contributed by atoms with Crippen LogP contribution in [0.5, 0.6) is 17.2 Å². The number of rotatable bonds is 4. The van der Waals surface area contributed by atoms with Crippen LogP contribution in [0.1, 0.15) is 11.6 Å². The third-order valence-corrected chi connectivity index (χ3v) is 3.35. The van der Waals surface area contributed by atoms with Gasteiger partial charge in [-0.2, -0.15) is 0 Å². The van der Waals surface area contributed by atoms with Gasteiger partial charge in [-0.1, -0.05) is 0 Å². The highest BCUT2D eigenvalue weighted by molar-refractivity contribution is 5.80. The highest BCUT2D eigenvalue weighted by atomic mass is 16.5. The lowest BCUT2D eigenvalue weighted by Crippen LogP contribution is -2.32. The standard InChI is InChI=1S/C13H19N3O3/c1-16-9(7-15-13(16)14)8-5-6-10(17-2)12(19-4)11(8)18-3/h5-6,9H,7H2,1-4H3,(H2,14,15). The molecule has 1 aliphatic heterocycles. The Morgan fingerprint density at radius 3 is 2.32 bits per heavy atom. The van der Waals surface area contributed by atoms with Crippen LogP contribution in [0.2, 0.25) is 0 Å². The van der Waals surface area contributed by atoms with E-state index in [0.29, 0.717) is 29.8 Å². The quantitative estimate of drug-likeness (QED) is 0.880. The molecule has 0 aromatic heterocycles. The van der Waals surface area contributed by atoms with Gasteiger partial charge in [0, 0.05) is 12.6 Å². The van der Waals surface area contributed by atoms with Gasteiger partial charge in [0.15, 0.2) is 17.5 Å². The second kappa shape index (κ2) is 5.26. The maximum Gasteiger partial charge on any atom is 0.203 e. The molecule has 1 aromatic rings. The highest BCUT2D eigenvalue weighted by Gasteiger charge is 2.29. The molecule has 0 amide bonds. The molecule has 2 rings (SSSR count). The normalized spacial score (nSPS) is 18.2. The van der Waals surface area contributed by atoms with E-state index in [0.717, 1.165) is 5.56 Å². The van der Waals surface area contributed by atoms with Crippen LogP contribution in [-0.2, 0) is 0 Å². The fourth-order valence-corrected chi connectivity index (χ4v) is 2.27. The molecule has 2 N–H and O–H groups in total. The van der Waals surface area contributed by atoms with E-state index < -0.39 is 0 Å². The van der Waals surface area contributed by atoms with Crippen LogP contribution in [0.3, 0.4) is 0 Å². The second-order valence-corrected chi connectivity index (χ2v) is 4.25. The molecule has 1 heterocycles. The number of ether oxygens (including phenoxy) is 3. The molecule has 0 radical (unpaired) electrons. The van der Waals surface area contributed by atoms with Gasteiger partial charge in [-0.05, 0) is 12.1 Å². The van der Waals surface area contributed by atoms with E-state index in [4.69, 9.17) is 19.9 Å². The first-order valence-corrected chi connectivity index (χ1v) is 5.95. The highest BCUT2D eigenvalue weighted by Crippen LogP contribution is 2.43. The van der Waals surface area contributed by atoms with E-state index in [2.05, 4.69) is 4.99 Å². The van der Waals surface area contributed by atoms with Crippen molar-refractivity contribution in [2.45, 2.75) is 6.04 Å². The molecule has 104 valence electrons. The van der Waals surface area contributed by atoms with Crippen molar-refractivity contribution < 1.29 is 14.2 Å². The molecule has 0 fully saturated rings. The minimum Gasteiger partial charge on any atom is -0.493 e. The number of hydrogen-bond acceptors (Lipinski definition) is 6. The lowest BCUT2D eigenvalue weighted by atomic mass is 10.0. The number of guanidine groups is 1. The molecule has 6 heteroatoms. The first kappa shape index (κ1) is 13.3. The molecule has 19 heavy (non-hydrogen) atoms. The zero-order chi connectivity index (χ0) is 14.0. The largest absolute Gasteiger partial charge is 0.493 e. The maximum absolute atomic E-state index is 5.80. The third-order valence-electron chi connectivity index (χ3n) is 3.35. The Kier molecular flexibility index (Phi) is 3.69. The predicted molar refractivity (Wildman–Crippen MR) is 73.1 cm³/mol. The van der Waals surface area contributed by atoms with Crippen LogP contribution < -0.4 is 19.9 Å². The van der Waals surface area contributed by atoms with Crippen molar-refractivity contribution in [1.29, 1.82) is 0 Å². The van der Waals surface area contributed by atoms with Gasteiger partial charge in [0.25, 0.3) is 0 Å². The van der Waals surface area contributed by atoms with Crippen LogP contribution in [0.15, 0.2) is 17.1 Å². The predicted octanol–water partition coefficient (Wildman–Crippen LogP) is 1.01. The molecule has 0 aliphatic carbocycles. The molecule has 0 bridgehead atoms. The Morgan fingerprint density at radius 2 is 1.84 bits per heavy atom. The number of nitrogens with two attached hydrogens (primary N) is 1. The maximum atomic E-state index is 5.80. The summed E-state index contributed by atoms with van der Waals surface area (Å²) < 4.78 is 16.1. The molecule has 0 saturated heterocycles. The summed E-state index contributed by atoms with van der Waals surface area (Å²) in [6.45, 7) is 0.605. The summed E-state index contributed by atoms with van der Waals surface area (Å²) in [5.74, 6) is 2.41. The van der Waals surface area contributed by atoms with E-state index in [1.807, 2.05) is 24.1 Å². The van der Waals surface area contributed by atoms with Gasteiger partial charge in [0.1, 0.15) is 0 Å². The second-order valence-electron chi connectivity index (χ2n) is 4.25. The van der Waals surface area contributed by atoms with Crippen molar-refractivity contribution in [3.05, 3.63) is 17.7 Å². The number of benzene rings is 1. The van der Waals surface area contributed by atoms with Gasteiger partial charge in [-0.15, -0.1) is 0 Å². The molecule has 1 unspecified atom stereocenters.